The highest BCUT2D eigenvalue weighted by Crippen LogP contribution is 2.27. The number of anilines is 1. The highest BCUT2D eigenvalue weighted by atomic mass is 32.2. The first-order valence-corrected chi connectivity index (χ1v) is 6.12. The summed E-state index contributed by atoms with van der Waals surface area (Å²) in [5.41, 5.74) is 7.55. The Morgan fingerprint density at radius 3 is 2.65 bits per heavy atom. The third kappa shape index (κ3) is 3.10. The maximum atomic E-state index is 5.85. The van der Waals surface area contributed by atoms with E-state index in [0.29, 0.717) is 5.88 Å². The first-order chi connectivity index (χ1) is 8.29. The summed E-state index contributed by atoms with van der Waals surface area (Å²) in [6, 6.07) is 11.5. The number of aromatic nitrogens is 2. The van der Waals surface area contributed by atoms with E-state index in [1.54, 1.807) is 24.9 Å². The number of nitrogens with zero attached hydrogens (tertiary/aromatic N) is 2. The van der Waals surface area contributed by atoms with Crippen molar-refractivity contribution in [3.05, 3.63) is 42.1 Å². The van der Waals surface area contributed by atoms with Crippen molar-refractivity contribution >= 4 is 17.4 Å². The number of para-hydroxylation sites is 1. The molecule has 0 unspecified atom stereocenters. The average Bonchev–Trinajstić information content (AvgIpc) is 2.38. The van der Waals surface area contributed by atoms with E-state index in [9.17, 15) is 0 Å². The fourth-order valence-electron chi connectivity index (χ4n) is 1.30. The van der Waals surface area contributed by atoms with Crippen LogP contribution in [0.5, 0.6) is 5.88 Å². The Kier molecular flexibility index (Phi) is 3.82. The van der Waals surface area contributed by atoms with Crippen LogP contribution in [0.2, 0.25) is 0 Å². The number of rotatable bonds is 4. The zero-order valence-electron chi connectivity index (χ0n) is 9.46. The van der Waals surface area contributed by atoms with Crippen molar-refractivity contribution in [1.29, 1.82) is 0 Å². The van der Waals surface area contributed by atoms with Crippen molar-refractivity contribution < 1.29 is 4.74 Å². The van der Waals surface area contributed by atoms with Gasteiger partial charge in [0.2, 0.25) is 5.88 Å². The van der Waals surface area contributed by atoms with E-state index in [1.165, 1.54) is 0 Å². The Labute approximate surface area is 104 Å². The lowest BCUT2D eigenvalue weighted by Gasteiger charge is -2.04. The molecular weight excluding hydrogens is 234 g/mol. The Morgan fingerprint density at radius 2 is 2.00 bits per heavy atom. The molecule has 0 atom stereocenters. The van der Waals surface area contributed by atoms with Gasteiger partial charge in [-0.05, 0) is 18.2 Å². The molecule has 1 aromatic carbocycles. The number of nitrogens with two attached hydrogens (primary N) is 1. The Morgan fingerprint density at radius 1 is 1.18 bits per heavy atom. The van der Waals surface area contributed by atoms with Crippen molar-refractivity contribution in [2.75, 3.05) is 12.8 Å². The zero-order valence-corrected chi connectivity index (χ0v) is 10.3. The van der Waals surface area contributed by atoms with Crippen molar-refractivity contribution in [2.45, 2.75) is 10.6 Å². The van der Waals surface area contributed by atoms with E-state index in [0.717, 1.165) is 22.0 Å². The fourth-order valence-corrected chi connectivity index (χ4v) is 2.16. The number of nitrogen functional groups attached to an aromatic ring is 1. The molecule has 2 N–H and O–H groups in total. The van der Waals surface area contributed by atoms with Crippen LogP contribution in [-0.4, -0.2) is 17.3 Å². The molecule has 0 aliphatic heterocycles. The number of ether oxygens (including phenoxy) is 1. The monoisotopic (exact) mass is 247 g/mol. The molecule has 4 nitrogen and oxygen atoms in total. The molecule has 2 rings (SSSR count). The molecule has 88 valence electrons. The minimum atomic E-state index is 0.526. The first kappa shape index (κ1) is 11.7. The molecule has 0 bridgehead atoms. The zero-order chi connectivity index (χ0) is 12.1. The molecule has 0 saturated heterocycles. The smallest absolute Gasteiger partial charge is 0.233 e. The summed E-state index contributed by atoms with van der Waals surface area (Å²) in [6.07, 6.45) is 0. The minimum Gasteiger partial charge on any atom is -0.480 e. The molecule has 1 heterocycles. The van der Waals surface area contributed by atoms with Gasteiger partial charge in [0, 0.05) is 22.4 Å². The molecule has 0 saturated carbocycles. The molecule has 0 spiro atoms. The Bertz CT molecular complexity index is 487. The normalized spacial score (nSPS) is 10.2. The SMILES string of the molecule is COc1ccc(CSc2ccccc2N)nn1. The van der Waals surface area contributed by atoms with Crippen LogP contribution in [0.3, 0.4) is 0 Å². The van der Waals surface area contributed by atoms with E-state index >= 15 is 0 Å². The highest BCUT2D eigenvalue weighted by molar-refractivity contribution is 7.98. The second-order valence-electron chi connectivity index (χ2n) is 3.39. The molecule has 0 aliphatic carbocycles. The molecular formula is C12H13N3OS. The largest absolute Gasteiger partial charge is 0.480 e. The summed E-state index contributed by atoms with van der Waals surface area (Å²) in [5, 5.41) is 7.97. The molecule has 2 aromatic rings. The summed E-state index contributed by atoms with van der Waals surface area (Å²) >= 11 is 1.65. The molecule has 0 fully saturated rings. The summed E-state index contributed by atoms with van der Waals surface area (Å²) in [5.74, 6) is 1.27. The van der Waals surface area contributed by atoms with Gasteiger partial charge in [-0.15, -0.1) is 16.9 Å². The second-order valence-corrected chi connectivity index (χ2v) is 4.41. The Balaban J connectivity index is 2.00. The predicted molar refractivity (Wildman–Crippen MR) is 69.0 cm³/mol. The standard InChI is InChI=1S/C12H13N3OS/c1-16-12-7-6-9(14-15-12)8-17-11-5-3-2-4-10(11)13/h2-7H,8,13H2,1H3. The predicted octanol–water partition coefficient (Wildman–Crippen LogP) is 2.36. The van der Waals surface area contributed by atoms with Gasteiger partial charge in [-0.3, -0.25) is 0 Å². The van der Waals surface area contributed by atoms with Crippen LogP contribution < -0.4 is 10.5 Å². The third-order valence-corrected chi connectivity index (χ3v) is 3.32. The van der Waals surface area contributed by atoms with Gasteiger partial charge in [-0.2, -0.15) is 5.10 Å². The van der Waals surface area contributed by atoms with Crippen LogP contribution in [0, 0.1) is 0 Å². The Hall–Kier alpha value is -1.75. The summed E-state index contributed by atoms with van der Waals surface area (Å²) in [4.78, 5) is 1.06. The quantitative estimate of drug-likeness (QED) is 0.664. The minimum absolute atomic E-state index is 0.526. The number of benzene rings is 1. The van der Waals surface area contributed by atoms with Crippen molar-refractivity contribution in [3.63, 3.8) is 0 Å². The fraction of sp³-hybridized carbons (Fsp3) is 0.167. The third-order valence-electron chi connectivity index (χ3n) is 2.20. The maximum Gasteiger partial charge on any atom is 0.233 e. The molecule has 0 aliphatic rings. The van der Waals surface area contributed by atoms with Gasteiger partial charge in [0.15, 0.2) is 0 Å². The van der Waals surface area contributed by atoms with Gasteiger partial charge in [0.25, 0.3) is 0 Å². The summed E-state index contributed by atoms with van der Waals surface area (Å²) in [7, 11) is 1.57. The van der Waals surface area contributed by atoms with Crippen LogP contribution in [-0.2, 0) is 5.75 Å². The van der Waals surface area contributed by atoms with Crippen LogP contribution in [0.15, 0.2) is 41.3 Å². The molecule has 0 radical (unpaired) electrons. The van der Waals surface area contributed by atoms with Gasteiger partial charge in [-0.25, -0.2) is 0 Å². The maximum absolute atomic E-state index is 5.85. The molecule has 17 heavy (non-hydrogen) atoms. The summed E-state index contributed by atoms with van der Waals surface area (Å²) in [6.45, 7) is 0. The van der Waals surface area contributed by atoms with E-state index < -0.39 is 0 Å². The number of thioether (sulfide) groups is 1. The number of methoxy groups -OCH3 is 1. The number of hydrogen-bond acceptors (Lipinski definition) is 5. The lowest BCUT2D eigenvalue weighted by Crippen LogP contribution is -1.94. The van der Waals surface area contributed by atoms with Crippen LogP contribution in [0.25, 0.3) is 0 Å². The van der Waals surface area contributed by atoms with Gasteiger partial charge in [0.05, 0.1) is 12.8 Å². The van der Waals surface area contributed by atoms with Gasteiger partial charge < -0.3 is 10.5 Å². The summed E-state index contributed by atoms with van der Waals surface area (Å²) < 4.78 is 4.95. The van der Waals surface area contributed by atoms with E-state index in [2.05, 4.69) is 10.2 Å². The van der Waals surface area contributed by atoms with Gasteiger partial charge >= 0.3 is 0 Å². The van der Waals surface area contributed by atoms with Gasteiger partial charge in [0.1, 0.15) is 0 Å². The van der Waals surface area contributed by atoms with Crippen molar-refractivity contribution in [3.8, 4) is 5.88 Å². The van der Waals surface area contributed by atoms with Crippen LogP contribution in [0.4, 0.5) is 5.69 Å². The van der Waals surface area contributed by atoms with Crippen LogP contribution >= 0.6 is 11.8 Å². The molecule has 1 aromatic heterocycles. The number of hydrogen-bond donors (Lipinski definition) is 1. The average molecular weight is 247 g/mol. The highest BCUT2D eigenvalue weighted by Gasteiger charge is 2.01. The van der Waals surface area contributed by atoms with E-state index in [-0.39, 0.29) is 0 Å². The lowest BCUT2D eigenvalue weighted by molar-refractivity contribution is 0.391. The van der Waals surface area contributed by atoms with E-state index in [4.69, 9.17) is 10.5 Å². The van der Waals surface area contributed by atoms with Crippen molar-refractivity contribution in [2.24, 2.45) is 0 Å². The lowest BCUT2D eigenvalue weighted by atomic mass is 10.3. The molecule has 0 amide bonds. The van der Waals surface area contributed by atoms with E-state index in [1.807, 2.05) is 30.3 Å². The van der Waals surface area contributed by atoms with Crippen LogP contribution in [0.1, 0.15) is 5.69 Å². The topological polar surface area (TPSA) is 61.0 Å². The van der Waals surface area contributed by atoms with Crippen molar-refractivity contribution in [1.82, 2.24) is 10.2 Å². The second kappa shape index (κ2) is 5.54. The van der Waals surface area contributed by atoms with Gasteiger partial charge in [-0.1, -0.05) is 12.1 Å². The first-order valence-electron chi connectivity index (χ1n) is 5.13. The molecule has 5 heteroatoms.